The average Bonchev–Trinajstić information content (AvgIpc) is 2.87. The summed E-state index contributed by atoms with van der Waals surface area (Å²) >= 11 is 3.74. The Morgan fingerprint density at radius 1 is 1.50 bits per heavy atom. The molecular weight excluding hydrogens is 391 g/mol. The summed E-state index contributed by atoms with van der Waals surface area (Å²) < 4.78 is 8.00. The van der Waals surface area contributed by atoms with E-state index < -0.39 is 0 Å². The van der Waals surface area contributed by atoms with Crippen LogP contribution in [0.2, 0.25) is 0 Å². The number of carbonyl (C=O) groups is 1. The third-order valence-electron chi connectivity index (χ3n) is 3.35. The topological polar surface area (TPSA) is 68.5 Å². The summed E-state index contributed by atoms with van der Waals surface area (Å²) in [5, 5.41) is 8.82. The van der Waals surface area contributed by atoms with E-state index in [4.69, 9.17) is 4.74 Å². The second-order valence-electron chi connectivity index (χ2n) is 4.93. The fraction of sp³-hybridized carbons (Fsp3) is 0.583. The van der Waals surface area contributed by atoms with Crippen LogP contribution in [0.5, 0.6) is 0 Å². The van der Waals surface area contributed by atoms with Crippen LogP contribution in [0.15, 0.2) is 6.20 Å². The zero-order chi connectivity index (χ0) is 14.1. The summed E-state index contributed by atoms with van der Waals surface area (Å²) in [6.45, 7) is 1.47. The number of hydrogen-bond donors (Lipinski definition) is 1. The molecule has 2 aromatic rings. The van der Waals surface area contributed by atoms with Crippen LogP contribution in [0.4, 0.5) is 5.13 Å². The molecular formula is C12H15IN4O2S. The number of fused-ring (bicyclic) bond motifs is 1. The van der Waals surface area contributed by atoms with Gasteiger partial charge in [-0.2, -0.15) is 0 Å². The van der Waals surface area contributed by atoms with Crippen molar-refractivity contribution in [2.75, 3.05) is 5.32 Å². The number of rotatable bonds is 3. The van der Waals surface area contributed by atoms with Crippen molar-refractivity contribution in [1.29, 1.82) is 0 Å². The number of hydrogen-bond acceptors (Lipinski definition) is 6. The molecule has 0 amide bonds. The van der Waals surface area contributed by atoms with Gasteiger partial charge in [-0.15, -0.1) is 5.10 Å². The van der Waals surface area contributed by atoms with Gasteiger partial charge in [-0.25, -0.2) is 9.50 Å². The standard InChI is InChI=1S/C12H15IN4O2S/c1-7(18)19-9-4-2-8(3-5-9)14-11-16-17-6-10(13)15-12(17)20-11/h6,8-9H,2-5H2,1H3,(H,14,16). The van der Waals surface area contributed by atoms with Crippen LogP contribution in [0.25, 0.3) is 4.96 Å². The van der Waals surface area contributed by atoms with Crippen molar-refractivity contribution < 1.29 is 9.53 Å². The molecule has 20 heavy (non-hydrogen) atoms. The molecule has 0 unspecified atom stereocenters. The van der Waals surface area contributed by atoms with Gasteiger partial charge in [0, 0.05) is 13.0 Å². The Balaban J connectivity index is 1.56. The molecule has 0 bridgehead atoms. The van der Waals surface area contributed by atoms with Crippen LogP contribution in [0, 0.1) is 3.70 Å². The fourth-order valence-electron chi connectivity index (χ4n) is 2.47. The molecule has 0 saturated heterocycles. The van der Waals surface area contributed by atoms with Crippen LogP contribution in [0.3, 0.4) is 0 Å². The Kier molecular flexibility index (Phi) is 4.11. The molecule has 1 aliphatic carbocycles. The molecule has 0 radical (unpaired) electrons. The van der Waals surface area contributed by atoms with E-state index in [0.717, 1.165) is 39.5 Å². The lowest BCUT2D eigenvalue weighted by molar-refractivity contribution is -0.147. The Bertz CT molecular complexity index is 587. The van der Waals surface area contributed by atoms with E-state index >= 15 is 0 Å². The number of nitrogens with one attached hydrogen (secondary N) is 1. The highest BCUT2D eigenvalue weighted by Crippen LogP contribution is 2.26. The van der Waals surface area contributed by atoms with Crippen LogP contribution in [-0.4, -0.2) is 32.7 Å². The Morgan fingerprint density at radius 2 is 2.25 bits per heavy atom. The minimum atomic E-state index is -0.183. The van der Waals surface area contributed by atoms with E-state index in [0.29, 0.717) is 6.04 Å². The summed E-state index contributed by atoms with van der Waals surface area (Å²) in [4.78, 5) is 16.2. The maximum absolute atomic E-state index is 10.9. The van der Waals surface area contributed by atoms with E-state index in [-0.39, 0.29) is 12.1 Å². The molecule has 1 aliphatic rings. The highest BCUT2D eigenvalue weighted by atomic mass is 127. The second-order valence-corrected chi connectivity index (χ2v) is 6.99. The molecule has 0 aromatic carbocycles. The quantitative estimate of drug-likeness (QED) is 0.627. The molecule has 6 nitrogen and oxygen atoms in total. The molecule has 0 spiro atoms. The van der Waals surface area contributed by atoms with Crippen molar-refractivity contribution in [3.8, 4) is 0 Å². The van der Waals surface area contributed by atoms with E-state index in [1.807, 2.05) is 6.20 Å². The van der Waals surface area contributed by atoms with Gasteiger partial charge in [-0.1, -0.05) is 11.3 Å². The predicted octanol–water partition coefficient (Wildman–Crippen LogP) is 2.68. The van der Waals surface area contributed by atoms with Gasteiger partial charge in [0.25, 0.3) is 0 Å². The molecule has 108 valence electrons. The van der Waals surface area contributed by atoms with Crippen LogP contribution < -0.4 is 5.32 Å². The lowest BCUT2D eigenvalue weighted by atomic mass is 9.93. The smallest absolute Gasteiger partial charge is 0.302 e. The number of ether oxygens (including phenoxy) is 1. The van der Waals surface area contributed by atoms with Gasteiger partial charge in [0.05, 0.1) is 6.20 Å². The van der Waals surface area contributed by atoms with Crippen molar-refractivity contribution in [3.63, 3.8) is 0 Å². The van der Waals surface area contributed by atoms with Gasteiger partial charge in [0.15, 0.2) is 0 Å². The van der Waals surface area contributed by atoms with Crippen LogP contribution in [-0.2, 0) is 9.53 Å². The summed E-state index contributed by atoms with van der Waals surface area (Å²) in [7, 11) is 0. The van der Waals surface area contributed by atoms with Crippen LogP contribution >= 0.6 is 33.9 Å². The first-order chi connectivity index (χ1) is 9.60. The molecule has 1 fully saturated rings. The summed E-state index contributed by atoms with van der Waals surface area (Å²) in [5.41, 5.74) is 0. The largest absolute Gasteiger partial charge is 0.463 e. The Hall–Kier alpha value is -0.900. The molecule has 2 aromatic heterocycles. The predicted molar refractivity (Wildman–Crippen MR) is 85.0 cm³/mol. The molecule has 0 atom stereocenters. The number of anilines is 1. The van der Waals surface area contributed by atoms with Crippen LogP contribution in [0.1, 0.15) is 32.6 Å². The number of aromatic nitrogens is 3. The zero-order valence-electron chi connectivity index (χ0n) is 11.0. The lowest BCUT2D eigenvalue weighted by Crippen LogP contribution is -2.30. The van der Waals surface area contributed by atoms with E-state index in [2.05, 4.69) is 38.0 Å². The van der Waals surface area contributed by atoms with Crippen molar-refractivity contribution in [2.45, 2.75) is 44.8 Å². The van der Waals surface area contributed by atoms with Crippen molar-refractivity contribution in [1.82, 2.24) is 14.6 Å². The average molecular weight is 406 g/mol. The summed E-state index contributed by atoms with van der Waals surface area (Å²) in [5.74, 6) is -0.183. The number of imidazole rings is 1. The van der Waals surface area contributed by atoms with Gasteiger partial charge in [0.1, 0.15) is 9.80 Å². The molecule has 3 rings (SSSR count). The Morgan fingerprint density at radius 3 is 2.90 bits per heavy atom. The zero-order valence-corrected chi connectivity index (χ0v) is 14.0. The first kappa shape index (κ1) is 14.1. The minimum Gasteiger partial charge on any atom is -0.463 e. The molecule has 2 heterocycles. The minimum absolute atomic E-state index is 0.0840. The van der Waals surface area contributed by atoms with E-state index in [1.54, 1.807) is 15.9 Å². The van der Waals surface area contributed by atoms with Gasteiger partial charge in [-0.3, -0.25) is 4.79 Å². The van der Waals surface area contributed by atoms with Crippen molar-refractivity contribution >= 4 is 50.0 Å². The molecule has 1 saturated carbocycles. The first-order valence-corrected chi connectivity index (χ1v) is 8.45. The fourth-order valence-corrected chi connectivity index (χ4v) is 3.98. The van der Waals surface area contributed by atoms with Gasteiger partial charge in [-0.05, 0) is 48.3 Å². The summed E-state index contributed by atoms with van der Waals surface area (Å²) in [6.07, 6.45) is 5.82. The maximum Gasteiger partial charge on any atom is 0.302 e. The SMILES string of the molecule is CC(=O)OC1CCC(Nc2nn3cc(I)nc3s2)CC1. The molecule has 0 aliphatic heterocycles. The number of halogens is 1. The molecule has 1 N–H and O–H groups in total. The van der Waals surface area contributed by atoms with Gasteiger partial charge < -0.3 is 10.1 Å². The first-order valence-electron chi connectivity index (χ1n) is 6.55. The maximum atomic E-state index is 10.9. The van der Waals surface area contributed by atoms with Crippen molar-refractivity contribution in [3.05, 3.63) is 9.90 Å². The number of carbonyl (C=O) groups excluding carboxylic acids is 1. The third-order valence-corrected chi connectivity index (χ3v) is 4.72. The van der Waals surface area contributed by atoms with Gasteiger partial charge in [0.2, 0.25) is 10.1 Å². The summed E-state index contributed by atoms with van der Waals surface area (Å²) in [6, 6.07) is 0.400. The monoisotopic (exact) mass is 406 g/mol. The van der Waals surface area contributed by atoms with E-state index in [1.165, 1.54) is 6.92 Å². The lowest BCUT2D eigenvalue weighted by Gasteiger charge is -2.28. The third kappa shape index (κ3) is 3.22. The van der Waals surface area contributed by atoms with Gasteiger partial charge >= 0.3 is 5.97 Å². The second kappa shape index (κ2) is 5.84. The highest BCUT2D eigenvalue weighted by Gasteiger charge is 2.23. The molecule has 8 heteroatoms. The Labute approximate surface area is 134 Å². The number of esters is 1. The number of nitrogens with zero attached hydrogens (tertiary/aromatic N) is 3. The van der Waals surface area contributed by atoms with E-state index in [9.17, 15) is 4.79 Å². The highest BCUT2D eigenvalue weighted by molar-refractivity contribution is 14.1. The normalized spacial score (nSPS) is 22.9. The van der Waals surface area contributed by atoms with Crippen molar-refractivity contribution in [2.24, 2.45) is 0 Å².